The molecule has 8 heteroatoms. The lowest BCUT2D eigenvalue weighted by Crippen LogP contribution is -2.27. The molecule has 3 aromatic rings. The van der Waals surface area contributed by atoms with Crippen LogP contribution in [0.3, 0.4) is 0 Å². The van der Waals surface area contributed by atoms with Crippen LogP contribution < -0.4 is 4.72 Å². The van der Waals surface area contributed by atoms with Gasteiger partial charge in [-0.3, -0.25) is 5.10 Å². The maximum Gasteiger partial charge on any atom is 0.240 e. The summed E-state index contributed by atoms with van der Waals surface area (Å²) in [5, 5.41) is 7.66. The second-order valence-electron chi connectivity index (χ2n) is 6.46. The molecule has 1 heterocycles. The van der Waals surface area contributed by atoms with Crippen LogP contribution in [-0.2, 0) is 16.4 Å². The predicted molar refractivity (Wildman–Crippen MR) is 106 cm³/mol. The highest BCUT2D eigenvalue weighted by atomic mass is 35.5. The van der Waals surface area contributed by atoms with E-state index in [2.05, 4.69) is 19.9 Å². The Hall–Kier alpha value is -2.22. The zero-order valence-electron chi connectivity index (χ0n) is 15.4. The molecule has 0 spiro atoms. The van der Waals surface area contributed by atoms with E-state index in [0.29, 0.717) is 28.0 Å². The first-order valence-corrected chi connectivity index (χ1v) is 10.4. The van der Waals surface area contributed by atoms with Crippen LogP contribution in [-0.4, -0.2) is 30.1 Å². The summed E-state index contributed by atoms with van der Waals surface area (Å²) in [7, 11) is -3.58. The topological polar surface area (TPSA) is 87.7 Å². The fourth-order valence-corrected chi connectivity index (χ4v) is 4.21. The quantitative estimate of drug-likeness (QED) is 0.657. The minimum Gasteiger partial charge on any atom is -0.263 e. The number of rotatable bonds is 6. The smallest absolute Gasteiger partial charge is 0.240 e. The molecule has 2 N–H and O–H groups in total. The second-order valence-corrected chi connectivity index (χ2v) is 8.63. The first-order valence-electron chi connectivity index (χ1n) is 8.51. The number of nitrogens with one attached hydrogen (secondary N) is 2. The normalized spacial score (nSPS) is 11.7. The van der Waals surface area contributed by atoms with Gasteiger partial charge in [-0.05, 0) is 67.8 Å². The third-order valence-electron chi connectivity index (χ3n) is 4.37. The van der Waals surface area contributed by atoms with Crippen LogP contribution in [0.1, 0.15) is 22.5 Å². The highest BCUT2D eigenvalue weighted by Gasteiger charge is 2.17. The molecule has 1 aromatic heterocycles. The number of benzene rings is 2. The zero-order chi connectivity index (χ0) is 19.6. The van der Waals surface area contributed by atoms with Gasteiger partial charge >= 0.3 is 0 Å². The number of hydrogen-bond acceptors (Lipinski definition) is 4. The van der Waals surface area contributed by atoms with E-state index in [1.165, 1.54) is 0 Å². The number of H-pyrrole nitrogens is 1. The average molecular weight is 405 g/mol. The molecule has 0 bridgehead atoms. The largest absolute Gasteiger partial charge is 0.263 e. The van der Waals surface area contributed by atoms with Gasteiger partial charge in [0.1, 0.15) is 5.82 Å². The maximum absolute atomic E-state index is 12.6. The third-order valence-corrected chi connectivity index (χ3v) is 6.22. The van der Waals surface area contributed by atoms with Gasteiger partial charge in [-0.25, -0.2) is 18.1 Å². The Morgan fingerprint density at radius 2 is 1.70 bits per heavy atom. The Labute approximate surface area is 164 Å². The van der Waals surface area contributed by atoms with Gasteiger partial charge in [0.25, 0.3) is 0 Å². The number of nitrogens with zero attached hydrogens (tertiary/aromatic N) is 2. The third kappa shape index (κ3) is 4.55. The average Bonchev–Trinajstić information content (AvgIpc) is 3.07. The molecule has 0 saturated carbocycles. The van der Waals surface area contributed by atoms with Gasteiger partial charge in [-0.1, -0.05) is 17.7 Å². The highest BCUT2D eigenvalue weighted by Crippen LogP contribution is 2.20. The van der Waals surface area contributed by atoms with Crippen molar-refractivity contribution in [3.63, 3.8) is 0 Å². The van der Waals surface area contributed by atoms with Crippen LogP contribution in [0.15, 0.2) is 41.3 Å². The molecular formula is C19H21ClN4O2S. The number of aromatic nitrogens is 3. The highest BCUT2D eigenvalue weighted by molar-refractivity contribution is 7.89. The SMILES string of the molecule is Cc1cc(C)c(S(=O)(=O)NCCc2nc(-c3ccc(Cl)cc3)n[nH]2)cc1C. The summed E-state index contributed by atoms with van der Waals surface area (Å²) in [6.45, 7) is 5.90. The standard InChI is InChI=1S/C19H21ClN4O2S/c1-12-10-14(3)17(11-13(12)2)27(25,26)21-9-8-18-22-19(24-23-18)15-4-6-16(20)7-5-15/h4-7,10-11,21H,8-9H2,1-3H3,(H,22,23,24). The van der Waals surface area contributed by atoms with Crippen molar-refractivity contribution in [1.29, 1.82) is 0 Å². The van der Waals surface area contributed by atoms with Gasteiger partial charge < -0.3 is 0 Å². The summed E-state index contributed by atoms with van der Waals surface area (Å²) < 4.78 is 27.8. The van der Waals surface area contributed by atoms with Crippen molar-refractivity contribution < 1.29 is 8.42 Å². The Balaban J connectivity index is 1.66. The maximum atomic E-state index is 12.6. The van der Waals surface area contributed by atoms with Crippen LogP contribution in [0.5, 0.6) is 0 Å². The van der Waals surface area contributed by atoms with Gasteiger partial charge in [-0.2, -0.15) is 5.10 Å². The Bertz CT molecular complexity index is 1060. The molecule has 0 saturated heterocycles. The van der Waals surface area contributed by atoms with Gasteiger partial charge in [-0.15, -0.1) is 0 Å². The molecule has 0 unspecified atom stereocenters. The van der Waals surface area contributed by atoms with E-state index in [-0.39, 0.29) is 6.54 Å². The second kappa shape index (κ2) is 7.80. The fourth-order valence-electron chi connectivity index (χ4n) is 2.74. The van der Waals surface area contributed by atoms with Crippen molar-refractivity contribution in [2.24, 2.45) is 0 Å². The van der Waals surface area contributed by atoms with Crippen molar-refractivity contribution in [3.8, 4) is 11.4 Å². The van der Waals surface area contributed by atoms with Crippen LogP contribution >= 0.6 is 11.6 Å². The molecule has 142 valence electrons. The number of hydrogen-bond donors (Lipinski definition) is 2. The monoisotopic (exact) mass is 404 g/mol. The van der Waals surface area contributed by atoms with Crippen molar-refractivity contribution >= 4 is 21.6 Å². The van der Waals surface area contributed by atoms with E-state index in [1.807, 2.05) is 32.0 Å². The minimum absolute atomic E-state index is 0.226. The van der Waals surface area contributed by atoms with Gasteiger partial charge in [0, 0.05) is 23.6 Å². The molecule has 0 atom stereocenters. The number of aryl methyl sites for hydroxylation is 3. The molecule has 6 nitrogen and oxygen atoms in total. The summed E-state index contributed by atoms with van der Waals surface area (Å²) in [5.74, 6) is 1.16. The zero-order valence-corrected chi connectivity index (χ0v) is 16.9. The van der Waals surface area contributed by atoms with Crippen LogP contribution in [0.25, 0.3) is 11.4 Å². The van der Waals surface area contributed by atoms with Gasteiger partial charge in [0.05, 0.1) is 4.90 Å². The summed E-state index contributed by atoms with van der Waals surface area (Å²) in [6.07, 6.45) is 0.406. The fraction of sp³-hybridized carbons (Fsp3) is 0.263. The van der Waals surface area contributed by atoms with Crippen LogP contribution in [0, 0.1) is 20.8 Å². The van der Waals surface area contributed by atoms with Gasteiger partial charge in [0.2, 0.25) is 10.0 Å². The van der Waals surface area contributed by atoms with Crippen LogP contribution in [0.4, 0.5) is 0 Å². The van der Waals surface area contributed by atoms with E-state index in [1.54, 1.807) is 25.1 Å². The molecule has 3 rings (SSSR count). The molecule has 0 aliphatic rings. The minimum atomic E-state index is -3.58. The first-order chi connectivity index (χ1) is 12.8. The Kier molecular flexibility index (Phi) is 5.64. The van der Waals surface area contributed by atoms with Gasteiger partial charge in [0.15, 0.2) is 5.82 Å². The molecule has 0 radical (unpaired) electrons. The summed E-state index contributed by atoms with van der Waals surface area (Å²) in [4.78, 5) is 4.71. The van der Waals surface area contributed by atoms with E-state index < -0.39 is 10.0 Å². The van der Waals surface area contributed by atoms with E-state index in [4.69, 9.17) is 11.6 Å². The number of halogens is 1. The van der Waals surface area contributed by atoms with Crippen molar-refractivity contribution in [2.75, 3.05) is 6.54 Å². The van der Waals surface area contributed by atoms with E-state index >= 15 is 0 Å². The Morgan fingerprint density at radius 1 is 1.04 bits per heavy atom. The van der Waals surface area contributed by atoms with E-state index in [9.17, 15) is 8.42 Å². The van der Waals surface area contributed by atoms with Crippen molar-refractivity contribution in [3.05, 3.63) is 63.9 Å². The van der Waals surface area contributed by atoms with Crippen LogP contribution in [0.2, 0.25) is 5.02 Å². The Morgan fingerprint density at radius 3 is 2.41 bits per heavy atom. The molecule has 0 amide bonds. The lowest BCUT2D eigenvalue weighted by molar-refractivity contribution is 0.580. The molecule has 0 aliphatic carbocycles. The lowest BCUT2D eigenvalue weighted by Gasteiger charge is -2.11. The lowest BCUT2D eigenvalue weighted by atomic mass is 10.1. The summed E-state index contributed by atoms with van der Waals surface area (Å²) >= 11 is 5.88. The van der Waals surface area contributed by atoms with Crippen molar-refractivity contribution in [2.45, 2.75) is 32.1 Å². The summed E-state index contributed by atoms with van der Waals surface area (Å²) in [6, 6.07) is 10.8. The predicted octanol–water partition coefficient (Wildman–Crippen LogP) is 3.57. The van der Waals surface area contributed by atoms with Crippen molar-refractivity contribution in [1.82, 2.24) is 19.9 Å². The first kappa shape index (κ1) is 19.5. The molecule has 0 aliphatic heterocycles. The summed E-state index contributed by atoms with van der Waals surface area (Å²) in [5.41, 5.74) is 3.59. The number of sulfonamides is 1. The molecule has 27 heavy (non-hydrogen) atoms. The molecular weight excluding hydrogens is 384 g/mol. The molecule has 0 fully saturated rings. The van der Waals surface area contributed by atoms with E-state index in [0.717, 1.165) is 22.3 Å². The number of aromatic amines is 1. The molecule has 2 aromatic carbocycles.